The van der Waals surface area contributed by atoms with Crippen LogP contribution < -0.4 is 0 Å². The molecule has 0 aliphatic heterocycles. The average molecular weight is 716 g/mol. The zero-order chi connectivity index (χ0) is 37.0. The van der Waals surface area contributed by atoms with Crippen LogP contribution in [0.4, 0.5) is 0 Å². The molecule has 0 aliphatic rings. The number of aromatic nitrogens is 3. The first-order chi connectivity index (χ1) is 27.8. The second kappa shape index (κ2) is 13.1. The van der Waals surface area contributed by atoms with E-state index in [0.717, 1.165) is 78.0 Å². The monoisotopic (exact) mass is 715 g/mol. The van der Waals surface area contributed by atoms with Crippen molar-refractivity contribution in [3.8, 4) is 61.8 Å². The predicted octanol–water partition coefficient (Wildman–Crippen LogP) is 13.8. The van der Waals surface area contributed by atoms with Crippen molar-refractivity contribution in [1.82, 2.24) is 14.5 Å². The van der Waals surface area contributed by atoms with E-state index in [1.807, 2.05) is 24.3 Å². The van der Waals surface area contributed by atoms with Gasteiger partial charge >= 0.3 is 0 Å². The summed E-state index contributed by atoms with van der Waals surface area (Å²) in [6.07, 6.45) is 0. The molecule has 0 unspecified atom stereocenters. The predicted molar refractivity (Wildman–Crippen MR) is 231 cm³/mol. The molecule has 0 atom stereocenters. The van der Waals surface area contributed by atoms with E-state index in [1.165, 1.54) is 21.8 Å². The summed E-state index contributed by atoms with van der Waals surface area (Å²) in [5.74, 6) is 0.663. The van der Waals surface area contributed by atoms with Crippen LogP contribution in [0.25, 0.3) is 106 Å². The molecule has 0 spiro atoms. The van der Waals surface area contributed by atoms with Gasteiger partial charge in [-0.1, -0.05) is 146 Å². The molecule has 0 fully saturated rings. The molecule has 8 aromatic carbocycles. The molecule has 0 aliphatic carbocycles. The van der Waals surface area contributed by atoms with E-state index < -0.39 is 0 Å². The van der Waals surface area contributed by atoms with Crippen LogP contribution in [0, 0.1) is 0 Å². The van der Waals surface area contributed by atoms with Gasteiger partial charge in [-0.05, 0) is 76.9 Å². The molecular formula is C52H33N3O. The summed E-state index contributed by atoms with van der Waals surface area (Å²) in [6, 6.07) is 70.1. The van der Waals surface area contributed by atoms with Gasteiger partial charge in [0, 0.05) is 43.9 Å². The topological polar surface area (TPSA) is 43.9 Å². The van der Waals surface area contributed by atoms with Crippen molar-refractivity contribution in [3.63, 3.8) is 0 Å². The number of para-hydroxylation sites is 3. The first kappa shape index (κ1) is 31.9. The molecular weight excluding hydrogens is 683 g/mol. The third-order valence-corrected chi connectivity index (χ3v) is 10.8. The maximum absolute atomic E-state index is 6.82. The van der Waals surface area contributed by atoms with Gasteiger partial charge in [0.2, 0.25) is 0 Å². The standard InChI is InChI=1S/C52H33N3O/c1-4-15-34(16-5-1)36-19-12-20-38(31-36)52-53-45(35-17-6-2-7-18-35)33-46(54-52)42-25-13-26-43-50-40(24-14-28-49(50)56-51(42)43)37-29-30-48-44(32-37)41-23-10-11-27-47(41)55(48)39-21-8-3-9-22-39/h1-33H. The summed E-state index contributed by atoms with van der Waals surface area (Å²) in [5.41, 5.74) is 14.3. The number of hydrogen-bond donors (Lipinski definition) is 0. The lowest BCUT2D eigenvalue weighted by Crippen LogP contribution is -1.96. The Hall–Kier alpha value is -7.56. The Morgan fingerprint density at radius 1 is 0.375 bits per heavy atom. The highest BCUT2D eigenvalue weighted by molar-refractivity contribution is 6.17. The molecule has 0 bridgehead atoms. The van der Waals surface area contributed by atoms with Crippen LogP contribution in [0.15, 0.2) is 205 Å². The van der Waals surface area contributed by atoms with E-state index in [4.69, 9.17) is 14.4 Å². The van der Waals surface area contributed by atoms with Crippen LogP contribution in [0.1, 0.15) is 0 Å². The van der Waals surface area contributed by atoms with E-state index in [9.17, 15) is 0 Å². The van der Waals surface area contributed by atoms with Crippen LogP contribution in [-0.2, 0) is 0 Å². The van der Waals surface area contributed by atoms with Gasteiger partial charge in [-0.3, -0.25) is 0 Å². The molecule has 0 saturated carbocycles. The molecule has 56 heavy (non-hydrogen) atoms. The molecule has 3 aromatic heterocycles. The van der Waals surface area contributed by atoms with Crippen molar-refractivity contribution in [2.45, 2.75) is 0 Å². The lowest BCUT2D eigenvalue weighted by molar-refractivity contribution is 0.670. The van der Waals surface area contributed by atoms with Crippen LogP contribution >= 0.6 is 0 Å². The molecule has 3 heterocycles. The quantitative estimate of drug-likeness (QED) is 0.172. The van der Waals surface area contributed by atoms with Gasteiger partial charge in [-0.15, -0.1) is 0 Å². The Kier molecular flexibility index (Phi) is 7.46. The molecule has 0 radical (unpaired) electrons. The fourth-order valence-corrected chi connectivity index (χ4v) is 8.23. The van der Waals surface area contributed by atoms with Crippen molar-refractivity contribution < 1.29 is 4.42 Å². The number of rotatable bonds is 6. The number of hydrogen-bond acceptors (Lipinski definition) is 3. The van der Waals surface area contributed by atoms with E-state index in [0.29, 0.717) is 5.82 Å². The van der Waals surface area contributed by atoms with Gasteiger partial charge in [0.15, 0.2) is 5.82 Å². The highest BCUT2D eigenvalue weighted by atomic mass is 16.3. The molecule has 4 heteroatoms. The van der Waals surface area contributed by atoms with E-state index >= 15 is 0 Å². The van der Waals surface area contributed by atoms with E-state index in [2.05, 4.69) is 180 Å². The third-order valence-electron chi connectivity index (χ3n) is 10.8. The van der Waals surface area contributed by atoms with Crippen LogP contribution in [0.3, 0.4) is 0 Å². The fraction of sp³-hybridized carbons (Fsp3) is 0. The highest BCUT2D eigenvalue weighted by Gasteiger charge is 2.20. The Bertz CT molecular complexity index is 3240. The fourth-order valence-electron chi connectivity index (χ4n) is 8.23. The largest absolute Gasteiger partial charge is 0.455 e. The first-order valence-corrected chi connectivity index (χ1v) is 18.9. The minimum Gasteiger partial charge on any atom is -0.455 e. The van der Waals surface area contributed by atoms with Gasteiger partial charge in [0.05, 0.1) is 22.4 Å². The summed E-state index contributed by atoms with van der Waals surface area (Å²) in [6.45, 7) is 0. The van der Waals surface area contributed by atoms with Crippen LogP contribution in [0.2, 0.25) is 0 Å². The van der Waals surface area contributed by atoms with Crippen molar-refractivity contribution in [1.29, 1.82) is 0 Å². The Labute approximate surface area is 323 Å². The average Bonchev–Trinajstić information content (AvgIpc) is 3.83. The second-order valence-electron chi connectivity index (χ2n) is 14.2. The van der Waals surface area contributed by atoms with Crippen LogP contribution in [0.5, 0.6) is 0 Å². The van der Waals surface area contributed by atoms with Gasteiger partial charge in [0.25, 0.3) is 0 Å². The molecule has 4 nitrogen and oxygen atoms in total. The zero-order valence-electron chi connectivity index (χ0n) is 30.3. The van der Waals surface area contributed by atoms with Crippen molar-refractivity contribution >= 4 is 43.7 Å². The summed E-state index contributed by atoms with van der Waals surface area (Å²) in [7, 11) is 0. The molecule has 11 rings (SSSR count). The lowest BCUT2D eigenvalue weighted by atomic mass is 9.97. The smallest absolute Gasteiger partial charge is 0.160 e. The Balaban J connectivity index is 1.09. The summed E-state index contributed by atoms with van der Waals surface area (Å²) in [5, 5.41) is 4.57. The van der Waals surface area contributed by atoms with Gasteiger partial charge < -0.3 is 8.98 Å². The van der Waals surface area contributed by atoms with Crippen LogP contribution in [-0.4, -0.2) is 14.5 Å². The normalized spacial score (nSPS) is 11.6. The molecule has 262 valence electrons. The molecule has 0 N–H and O–H groups in total. The number of fused-ring (bicyclic) bond motifs is 6. The maximum atomic E-state index is 6.82. The highest BCUT2D eigenvalue weighted by Crippen LogP contribution is 2.42. The third kappa shape index (κ3) is 5.31. The lowest BCUT2D eigenvalue weighted by Gasteiger charge is -2.11. The van der Waals surface area contributed by atoms with Crippen molar-refractivity contribution in [2.24, 2.45) is 0 Å². The minimum absolute atomic E-state index is 0.663. The zero-order valence-corrected chi connectivity index (χ0v) is 30.3. The van der Waals surface area contributed by atoms with E-state index in [-0.39, 0.29) is 0 Å². The molecule has 0 saturated heterocycles. The van der Waals surface area contributed by atoms with E-state index in [1.54, 1.807) is 0 Å². The van der Waals surface area contributed by atoms with Gasteiger partial charge in [-0.2, -0.15) is 0 Å². The number of nitrogens with zero attached hydrogens (tertiary/aromatic N) is 3. The first-order valence-electron chi connectivity index (χ1n) is 18.9. The van der Waals surface area contributed by atoms with Crippen molar-refractivity contribution in [3.05, 3.63) is 200 Å². The number of benzene rings is 8. The second-order valence-corrected chi connectivity index (χ2v) is 14.2. The summed E-state index contributed by atoms with van der Waals surface area (Å²) >= 11 is 0. The minimum atomic E-state index is 0.663. The summed E-state index contributed by atoms with van der Waals surface area (Å²) in [4.78, 5) is 10.4. The van der Waals surface area contributed by atoms with Gasteiger partial charge in [0.1, 0.15) is 11.2 Å². The van der Waals surface area contributed by atoms with Crippen molar-refractivity contribution in [2.75, 3.05) is 0 Å². The number of furan rings is 1. The molecule has 11 aromatic rings. The Morgan fingerprint density at radius 2 is 1.00 bits per heavy atom. The maximum Gasteiger partial charge on any atom is 0.160 e. The molecule has 0 amide bonds. The summed E-state index contributed by atoms with van der Waals surface area (Å²) < 4.78 is 9.18. The van der Waals surface area contributed by atoms with Gasteiger partial charge in [-0.25, -0.2) is 9.97 Å². The SMILES string of the molecule is c1ccc(-c2cccc(-c3nc(-c4ccccc4)cc(-c4cccc5c4oc4cccc(-c6ccc7c(c6)c6ccccc6n7-c6ccccc6)c45)n3)c2)cc1. The Morgan fingerprint density at radius 3 is 1.84 bits per heavy atom.